The van der Waals surface area contributed by atoms with E-state index in [-0.39, 0.29) is 0 Å². The Morgan fingerprint density at radius 2 is 0.794 bits per heavy atom. The molecule has 3 nitrogen and oxygen atoms in total. The lowest BCUT2D eigenvalue weighted by molar-refractivity contribution is 0.0859. The van der Waals surface area contributed by atoms with Crippen LogP contribution in [-0.2, 0) is 13.3 Å². The van der Waals surface area contributed by atoms with Crippen LogP contribution in [0.15, 0.2) is 103 Å². The molecule has 0 N–H and O–H groups in total. The third-order valence-corrected chi connectivity index (χ3v) is 8.77. The van der Waals surface area contributed by atoms with E-state index in [1.165, 1.54) is 27.8 Å². The average Bonchev–Trinajstić information content (AvgIpc) is 2.90. The van der Waals surface area contributed by atoms with E-state index in [9.17, 15) is 0 Å². The Bertz CT molecular complexity index is 1100. The normalized spacial score (nSPS) is 11.5. The standard InChI is InChI=1S/C30H32O3Si/c1-4-31-34(32-5-2,33-6-3)30-19-17-26(18-20-30)29-22-27(24-13-9-7-10-14-24)21-28(23-29)25-15-11-8-12-16-25/h7-23H,4-6H2,1-3H3. The Morgan fingerprint density at radius 3 is 1.15 bits per heavy atom. The van der Waals surface area contributed by atoms with Crippen molar-refractivity contribution < 1.29 is 13.3 Å². The van der Waals surface area contributed by atoms with Gasteiger partial charge < -0.3 is 13.3 Å². The molecule has 0 spiro atoms. The van der Waals surface area contributed by atoms with Crippen LogP contribution in [0.1, 0.15) is 20.8 Å². The van der Waals surface area contributed by atoms with Crippen LogP contribution in [0.5, 0.6) is 0 Å². The molecule has 0 heterocycles. The van der Waals surface area contributed by atoms with Crippen LogP contribution in [0.3, 0.4) is 0 Å². The van der Waals surface area contributed by atoms with E-state index >= 15 is 0 Å². The lowest BCUT2D eigenvalue weighted by atomic mass is 9.93. The predicted molar refractivity (Wildman–Crippen MR) is 143 cm³/mol. The minimum atomic E-state index is -2.92. The smallest absolute Gasteiger partial charge is 0.370 e. The van der Waals surface area contributed by atoms with E-state index in [0.717, 1.165) is 10.8 Å². The van der Waals surface area contributed by atoms with Gasteiger partial charge in [-0.25, -0.2) is 0 Å². The van der Waals surface area contributed by atoms with Crippen LogP contribution in [0, 0.1) is 0 Å². The lowest BCUT2D eigenvalue weighted by Crippen LogP contribution is -2.56. The molecule has 4 heteroatoms. The summed E-state index contributed by atoms with van der Waals surface area (Å²) in [7, 11) is -2.92. The summed E-state index contributed by atoms with van der Waals surface area (Å²) in [5, 5.41) is 0.990. The molecule has 0 radical (unpaired) electrons. The van der Waals surface area contributed by atoms with Gasteiger partial charge >= 0.3 is 8.80 Å². The third-order valence-electron chi connectivity index (χ3n) is 5.72. The molecule has 34 heavy (non-hydrogen) atoms. The fraction of sp³-hybridized carbons (Fsp3) is 0.200. The number of benzene rings is 4. The first kappa shape index (κ1) is 24.1. The first-order valence-corrected chi connectivity index (χ1v) is 13.7. The fourth-order valence-electron chi connectivity index (χ4n) is 4.20. The summed E-state index contributed by atoms with van der Waals surface area (Å²) in [5.74, 6) is 0. The summed E-state index contributed by atoms with van der Waals surface area (Å²) in [6.07, 6.45) is 0. The second-order valence-electron chi connectivity index (χ2n) is 7.96. The van der Waals surface area contributed by atoms with Crippen LogP contribution in [0.25, 0.3) is 33.4 Å². The van der Waals surface area contributed by atoms with Gasteiger partial charge in [-0.3, -0.25) is 0 Å². The fourth-order valence-corrected chi connectivity index (χ4v) is 6.67. The second-order valence-corrected chi connectivity index (χ2v) is 10.5. The Labute approximate surface area is 204 Å². The predicted octanol–water partition coefficient (Wildman–Crippen LogP) is 6.94. The summed E-state index contributed by atoms with van der Waals surface area (Å²) < 4.78 is 18.3. The molecule has 0 saturated heterocycles. The van der Waals surface area contributed by atoms with Gasteiger partial charge in [0.15, 0.2) is 0 Å². The van der Waals surface area contributed by atoms with Gasteiger partial charge in [-0.05, 0) is 72.4 Å². The van der Waals surface area contributed by atoms with Crippen LogP contribution in [0.2, 0.25) is 0 Å². The minimum absolute atomic E-state index is 0.549. The van der Waals surface area contributed by atoms with Crippen molar-refractivity contribution in [1.29, 1.82) is 0 Å². The number of hydrogen-bond acceptors (Lipinski definition) is 3. The molecular weight excluding hydrogens is 436 g/mol. The van der Waals surface area contributed by atoms with E-state index in [4.69, 9.17) is 13.3 Å². The highest BCUT2D eigenvalue weighted by molar-refractivity contribution is 6.75. The highest BCUT2D eigenvalue weighted by Gasteiger charge is 2.43. The zero-order chi connectivity index (χ0) is 23.8. The summed E-state index contributed by atoms with van der Waals surface area (Å²) in [6, 6.07) is 36.3. The zero-order valence-corrected chi connectivity index (χ0v) is 21.2. The molecule has 0 atom stereocenters. The largest absolute Gasteiger partial charge is 0.537 e. The van der Waals surface area contributed by atoms with E-state index in [1.54, 1.807) is 0 Å². The molecule has 0 amide bonds. The molecule has 4 rings (SSSR count). The molecule has 4 aromatic carbocycles. The van der Waals surface area contributed by atoms with Crippen molar-refractivity contribution in [2.24, 2.45) is 0 Å². The van der Waals surface area contributed by atoms with E-state index in [0.29, 0.717) is 19.8 Å². The van der Waals surface area contributed by atoms with Gasteiger partial charge in [0.1, 0.15) is 0 Å². The second kappa shape index (κ2) is 11.4. The maximum absolute atomic E-state index is 6.09. The topological polar surface area (TPSA) is 27.7 Å². The monoisotopic (exact) mass is 468 g/mol. The van der Waals surface area contributed by atoms with Crippen molar-refractivity contribution in [3.05, 3.63) is 103 Å². The van der Waals surface area contributed by atoms with E-state index in [2.05, 4.69) is 103 Å². The maximum atomic E-state index is 6.09. The van der Waals surface area contributed by atoms with E-state index < -0.39 is 8.80 Å². The molecule has 0 aromatic heterocycles. The first-order valence-electron chi connectivity index (χ1n) is 12.0. The van der Waals surface area contributed by atoms with Crippen molar-refractivity contribution in [3.63, 3.8) is 0 Å². The summed E-state index contributed by atoms with van der Waals surface area (Å²) in [6.45, 7) is 7.59. The van der Waals surface area contributed by atoms with Gasteiger partial charge in [-0.2, -0.15) is 0 Å². The number of rotatable bonds is 10. The highest BCUT2D eigenvalue weighted by atomic mass is 28.4. The molecule has 0 aliphatic carbocycles. The van der Waals surface area contributed by atoms with Gasteiger partial charge in [-0.1, -0.05) is 84.9 Å². The van der Waals surface area contributed by atoms with Crippen molar-refractivity contribution in [2.75, 3.05) is 19.8 Å². The van der Waals surface area contributed by atoms with Crippen molar-refractivity contribution in [1.82, 2.24) is 0 Å². The van der Waals surface area contributed by atoms with Gasteiger partial charge in [-0.15, -0.1) is 0 Å². The van der Waals surface area contributed by atoms with Gasteiger partial charge in [0.2, 0.25) is 0 Å². The molecule has 0 unspecified atom stereocenters. The molecule has 0 fully saturated rings. The molecular formula is C30H32O3Si. The number of hydrogen-bond donors (Lipinski definition) is 0. The van der Waals surface area contributed by atoms with Crippen LogP contribution >= 0.6 is 0 Å². The van der Waals surface area contributed by atoms with Gasteiger partial charge in [0.25, 0.3) is 0 Å². The quantitative estimate of drug-likeness (QED) is 0.236. The Hall–Kier alpha value is -3.02. The highest BCUT2D eigenvalue weighted by Crippen LogP contribution is 2.32. The average molecular weight is 469 g/mol. The van der Waals surface area contributed by atoms with Crippen LogP contribution < -0.4 is 5.19 Å². The van der Waals surface area contributed by atoms with Gasteiger partial charge in [0, 0.05) is 25.0 Å². The van der Waals surface area contributed by atoms with Crippen molar-refractivity contribution >= 4 is 14.0 Å². The third kappa shape index (κ3) is 5.37. The molecule has 4 aromatic rings. The van der Waals surface area contributed by atoms with Gasteiger partial charge in [0.05, 0.1) is 0 Å². The maximum Gasteiger partial charge on any atom is 0.537 e. The zero-order valence-electron chi connectivity index (χ0n) is 20.2. The van der Waals surface area contributed by atoms with Crippen molar-refractivity contribution in [3.8, 4) is 33.4 Å². The Kier molecular flexibility index (Phi) is 8.09. The minimum Gasteiger partial charge on any atom is -0.370 e. The summed E-state index contributed by atoms with van der Waals surface area (Å²) >= 11 is 0. The SMILES string of the molecule is CCO[Si](OCC)(OCC)c1ccc(-c2cc(-c3ccccc3)cc(-c3ccccc3)c2)cc1. The Balaban J connectivity index is 1.78. The summed E-state index contributed by atoms with van der Waals surface area (Å²) in [5.41, 5.74) is 7.11. The van der Waals surface area contributed by atoms with E-state index in [1.807, 2.05) is 20.8 Å². The van der Waals surface area contributed by atoms with Crippen LogP contribution in [0.4, 0.5) is 0 Å². The lowest BCUT2D eigenvalue weighted by Gasteiger charge is -2.28. The van der Waals surface area contributed by atoms with Crippen molar-refractivity contribution in [2.45, 2.75) is 20.8 Å². The molecule has 174 valence electrons. The first-order chi connectivity index (χ1) is 16.7. The summed E-state index contributed by atoms with van der Waals surface area (Å²) in [4.78, 5) is 0. The van der Waals surface area contributed by atoms with Crippen LogP contribution in [-0.4, -0.2) is 28.6 Å². The molecule has 0 saturated carbocycles. The molecule has 0 bridgehead atoms. The molecule has 0 aliphatic heterocycles. The molecule has 0 aliphatic rings. The Morgan fingerprint density at radius 1 is 0.441 bits per heavy atom.